The minimum absolute atomic E-state index is 0.0931. The molecule has 3 rings (SSSR count). The van der Waals surface area contributed by atoms with Crippen LogP contribution in [0.15, 0.2) is 46.4 Å². The third-order valence-electron chi connectivity index (χ3n) is 2.97. The SMILES string of the molecule is O=C1CC(=Cc2ccc(-c3ccc(Cl)cc3)o2)C(=O)N1. The molecule has 1 aliphatic rings. The third-order valence-corrected chi connectivity index (χ3v) is 3.22. The lowest BCUT2D eigenvalue weighted by atomic mass is 10.2. The van der Waals surface area contributed by atoms with Gasteiger partial charge in [0.15, 0.2) is 0 Å². The van der Waals surface area contributed by atoms with E-state index in [-0.39, 0.29) is 18.2 Å². The third kappa shape index (κ3) is 2.51. The summed E-state index contributed by atoms with van der Waals surface area (Å²) in [7, 11) is 0. The molecule has 100 valence electrons. The highest BCUT2D eigenvalue weighted by Gasteiger charge is 2.24. The first kappa shape index (κ1) is 12.7. The summed E-state index contributed by atoms with van der Waals surface area (Å²) in [4.78, 5) is 22.5. The summed E-state index contributed by atoms with van der Waals surface area (Å²) in [5.41, 5.74) is 1.30. The minimum Gasteiger partial charge on any atom is -0.457 e. The van der Waals surface area contributed by atoms with Crippen molar-refractivity contribution in [1.82, 2.24) is 5.32 Å². The second-order valence-electron chi connectivity index (χ2n) is 4.43. The van der Waals surface area contributed by atoms with Crippen molar-refractivity contribution in [3.8, 4) is 11.3 Å². The molecule has 0 unspecified atom stereocenters. The normalized spacial score (nSPS) is 16.8. The quantitative estimate of drug-likeness (QED) is 0.682. The zero-order valence-electron chi connectivity index (χ0n) is 10.4. The monoisotopic (exact) mass is 287 g/mol. The second-order valence-corrected chi connectivity index (χ2v) is 4.87. The van der Waals surface area contributed by atoms with Gasteiger partial charge in [-0.2, -0.15) is 0 Å². The van der Waals surface area contributed by atoms with E-state index in [1.165, 1.54) is 0 Å². The van der Waals surface area contributed by atoms with Crippen LogP contribution in [-0.4, -0.2) is 11.8 Å². The Kier molecular flexibility index (Phi) is 3.16. The van der Waals surface area contributed by atoms with Gasteiger partial charge in [-0.25, -0.2) is 0 Å². The number of hydrogen-bond acceptors (Lipinski definition) is 3. The molecule has 1 N–H and O–H groups in total. The van der Waals surface area contributed by atoms with E-state index in [1.807, 2.05) is 18.2 Å². The average Bonchev–Trinajstić information content (AvgIpc) is 2.98. The number of imide groups is 1. The first-order chi connectivity index (χ1) is 9.61. The lowest BCUT2D eigenvalue weighted by Crippen LogP contribution is -2.19. The van der Waals surface area contributed by atoms with Gasteiger partial charge in [0, 0.05) is 16.2 Å². The van der Waals surface area contributed by atoms with Crippen LogP contribution < -0.4 is 5.32 Å². The van der Waals surface area contributed by atoms with E-state index in [0.717, 1.165) is 5.56 Å². The highest BCUT2D eigenvalue weighted by atomic mass is 35.5. The average molecular weight is 288 g/mol. The fourth-order valence-corrected chi connectivity index (χ4v) is 2.12. The Hall–Kier alpha value is -2.33. The lowest BCUT2D eigenvalue weighted by molar-refractivity contribution is -0.124. The molecule has 2 heterocycles. The van der Waals surface area contributed by atoms with Crippen molar-refractivity contribution in [2.75, 3.05) is 0 Å². The Morgan fingerprint density at radius 2 is 1.85 bits per heavy atom. The number of carbonyl (C=O) groups excluding carboxylic acids is 2. The van der Waals surface area contributed by atoms with Crippen LogP contribution in [0.3, 0.4) is 0 Å². The number of benzene rings is 1. The van der Waals surface area contributed by atoms with Gasteiger partial charge < -0.3 is 4.42 Å². The van der Waals surface area contributed by atoms with E-state index in [9.17, 15) is 9.59 Å². The van der Waals surface area contributed by atoms with Gasteiger partial charge in [0.25, 0.3) is 5.91 Å². The predicted octanol–water partition coefficient (Wildman–Crippen LogP) is 3.03. The molecule has 20 heavy (non-hydrogen) atoms. The Balaban J connectivity index is 1.87. The van der Waals surface area contributed by atoms with Crippen LogP contribution in [0.4, 0.5) is 0 Å². The number of halogens is 1. The van der Waals surface area contributed by atoms with Gasteiger partial charge in [-0.3, -0.25) is 14.9 Å². The minimum atomic E-state index is -0.362. The summed E-state index contributed by atoms with van der Waals surface area (Å²) in [5.74, 6) is 0.568. The van der Waals surface area contributed by atoms with Crippen LogP contribution in [0, 0.1) is 0 Å². The molecule has 0 atom stereocenters. The number of hydrogen-bond donors (Lipinski definition) is 1. The topological polar surface area (TPSA) is 59.3 Å². The zero-order chi connectivity index (χ0) is 14.1. The molecule has 1 aromatic carbocycles. The van der Waals surface area contributed by atoms with Gasteiger partial charge in [-0.1, -0.05) is 11.6 Å². The van der Waals surface area contributed by atoms with Gasteiger partial charge >= 0.3 is 0 Å². The molecule has 0 bridgehead atoms. The Morgan fingerprint density at radius 1 is 1.10 bits per heavy atom. The van der Waals surface area contributed by atoms with Crippen LogP contribution in [0.5, 0.6) is 0 Å². The van der Waals surface area contributed by atoms with E-state index < -0.39 is 0 Å². The number of furan rings is 1. The van der Waals surface area contributed by atoms with Crippen molar-refractivity contribution in [1.29, 1.82) is 0 Å². The summed E-state index contributed by atoms with van der Waals surface area (Å²) in [5, 5.41) is 2.89. The van der Waals surface area contributed by atoms with Gasteiger partial charge in [0.05, 0.1) is 6.42 Å². The maximum absolute atomic E-state index is 11.4. The first-order valence-corrected chi connectivity index (χ1v) is 6.40. The molecule has 1 fully saturated rings. The maximum atomic E-state index is 11.4. The molecule has 2 aromatic rings. The lowest BCUT2D eigenvalue weighted by Gasteiger charge is -1.96. The summed E-state index contributed by atoms with van der Waals surface area (Å²) in [6.45, 7) is 0. The van der Waals surface area contributed by atoms with Gasteiger partial charge in [0.2, 0.25) is 5.91 Å². The van der Waals surface area contributed by atoms with Crippen molar-refractivity contribution < 1.29 is 14.0 Å². The number of amides is 2. The molecular weight excluding hydrogens is 278 g/mol. The molecule has 2 amide bonds. The molecule has 5 heteroatoms. The highest BCUT2D eigenvalue weighted by molar-refractivity contribution is 6.30. The zero-order valence-corrected chi connectivity index (χ0v) is 11.1. The van der Waals surface area contributed by atoms with E-state index in [0.29, 0.717) is 22.1 Å². The number of rotatable bonds is 2. The summed E-state index contributed by atoms with van der Waals surface area (Å²) in [6.07, 6.45) is 1.68. The van der Waals surface area contributed by atoms with Gasteiger partial charge in [-0.05, 0) is 42.5 Å². The van der Waals surface area contributed by atoms with Gasteiger partial charge in [0.1, 0.15) is 11.5 Å². The Labute approximate surface area is 120 Å². The van der Waals surface area contributed by atoms with Crippen LogP contribution in [0.25, 0.3) is 17.4 Å². The number of carbonyl (C=O) groups is 2. The van der Waals surface area contributed by atoms with Gasteiger partial charge in [-0.15, -0.1) is 0 Å². The molecule has 1 aromatic heterocycles. The fraction of sp³-hybridized carbons (Fsp3) is 0.0667. The fourth-order valence-electron chi connectivity index (χ4n) is 1.99. The molecule has 4 nitrogen and oxygen atoms in total. The van der Waals surface area contributed by atoms with E-state index >= 15 is 0 Å². The Bertz CT molecular complexity index is 713. The summed E-state index contributed by atoms with van der Waals surface area (Å²) in [6, 6.07) is 10.8. The highest BCUT2D eigenvalue weighted by Crippen LogP contribution is 2.25. The first-order valence-electron chi connectivity index (χ1n) is 6.02. The van der Waals surface area contributed by atoms with E-state index in [4.69, 9.17) is 16.0 Å². The molecule has 0 spiro atoms. The molecule has 0 aliphatic carbocycles. The van der Waals surface area contributed by atoms with Crippen LogP contribution in [0.2, 0.25) is 5.02 Å². The van der Waals surface area contributed by atoms with Crippen LogP contribution >= 0.6 is 11.6 Å². The molecule has 1 saturated heterocycles. The predicted molar refractivity (Wildman–Crippen MR) is 74.9 cm³/mol. The Morgan fingerprint density at radius 3 is 2.50 bits per heavy atom. The van der Waals surface area contributed by atoms with Crippen LogP contribution in [-0.2, 0) is 9.59 Å². The second kappa shape index (κ2) is 4.98. The van der Waals surface area contributed by atoms with Crippen molar-refractivity contribution in [3.05, 3.63) is 52.8 Å². The molecule has 1 aliphatic heterocycles. The van der Waals surface area contributed by atoms with Crippen molar-refractivity contribution in [3.63, 3.8) is 0 Å². The standard InChI is InChI=1S/C15H10ClNO3/c16-11-3-1-9(2-4-11)13-6-5-12(20-13)7-10-8-14(18)17-15(10)19/h1-7H,8H2,(H,17,18,19). The summed E-state index contributed by atoms with van der Waals surface area (Å²) < 4.78 is 5.64. The largest absolute Gasteiger partial charge is 0.457 e. The maximum Gasteiger partial charge on any atom is 0.254 e. The molecule has 0 saturated carbocycles. The van der Waals surface area contributed by atoms with Crippen molar-refractivity contribution >= 4 is 29.5 Å². The van der Waals surface area contributed by atoms with Crippen molar-refractivity contribution in [2.45, 2.75) is 6.42 Å². The number of nitrogens with one attached hydrogen (secondary N) is 1. The smallest absolute Gasteiger partial charge is 0.254 e. The molecular formula is C15H10ClNO3. The van der Waals surface area contributed by atoms with Crippen molar-refractivity contribution in [2.24, 2.45) is 0 Å². The van der Waals surface area contributed by atoms with E-state index in [2.05, 4.69) is 5.32 Å². The van der Waals surface area contributed by atoms with Crippen LogP contribution in [0.1, 0.15) is 12.2 Å². The van der Waals surface area contributed by atoms with E-state index in [1.54, 1.807) is 24.3 Å². The summed E-state index contributed by atoms with van der Waals surface area (Å²) >= 11 is 5.83. The molecule has 0 radical (unpaired) electrons.